The lowest BCUT2D eigenvalue weighted by Crippen LogP contribution is -2.15. The summed E-state index contributed by atoms with van der Waals surface area (Å²) in [5.41, 5.74) is 2.59. The van der Waals surface area contributed by atoms with E-state index in [1.165, 1.54) is 17.3 Å². The summed E-state index contributed by atoms with van der Waals surface area (Å²) in [4.78, 5) is 16.5. The van der Waals surface area contributed by atoms with E-state index in [0.717, 1.165) is 5.69 Å². The number of anilines is 1. The second kappa shape index (κ2) is 6.32. The lowest BCUT2D eigenvalue weighted by molar-refractivity contribution is 0.102. The van der Waals surface area contributed by atoms with Crippen LogP contribution in [-0.4, -0.2) is 40.9 Å². The molecular weight excluding hydrogens is 320 g/mol. The molecule has 122 valence electrons. The Balaban J connectivity index is 1.57. The molecule has 25 heavy (non-hydrogen) atoms. The normalized spacial score (nSPS) is 10.6. The van der Waals surface area contributed by atoms with Crippen LogP contribution in [0.1, 0.15) is 10.4 Å². The van der Waals surface area contributed by atoms with E-state index in [4.69, 9.17) is 0 Å². The molecule has 0 radical (unpaired) electrons. The molecule has 2 aromatic heterocycles. The Morgan fingerprint density at radius 1 is 0.960 bits per heavy atom. The van der Waals surface area contributed by atoms with Gasteiger partial charge in [-0.25, -0.2) is 9.67 Å². The molecule has 0 aliphatic carbocycles. The maximum atomic E-state index is 12.6. The van der Waals surface area contributed by atoms with Crippen LogP contribution in [0, 0.1) is 0 Å². The Morgan fingerprint density at radius 2 is 1.80 bits per heavy atom. The maximum absolute atomic E-state index is 12.6. The van der Waals surface area contributed by atoms with Gasteiger partial charge in [-0.15, -0.1) is 5.10 Å². The van der Waals surface area contributed by atoms with Gasteiger partial charge in [-0.1, -0.05) is 12.1 Å². The van der Waals surface area contributed by atoms with E-state index in [0.29, 0.717) is 16.9 Å². The summed E-state index contributed by atoms with van der Waals surface area (Å²) in [6.07, 6.45) is 4.51. The van der Waals surface area contributed by atoms with Gasteiger partial charge in [-0.3, -0.25) is 4.79 Å². The number of benzene rings is 2. The van der Waals surface area contributed by atoms with E-state index < -0.39 is 0 Å². The molecule has 2 aromatic carbocycles. The first-order valence-electron chi connectivity index (χ1n) is 7.40. The van der Waals surface area contributed by atoms with Crippen LogP contribution in [-0.2, 0) is 0 Å². The predicted octanol–water partition coefficient (Wildman–Crippen LogP) is 1.50. The first-order chi connectivity index (χ1) is 12.3. The summed E-state index contributed by atoms with van der Waals surface area (Å²) >= 11 is 0. The van der Waals surface area contributed by atoms with E-state index in [-0.39, 0.29) is 5.91 Å². The van der Waals surface area contributed by atoms with Gasteiger partial charge in [-0.2, -0.15) is 9.78 Å². The fraction of sp³-hybridized carbons (Fsp3) is 0. The third-order valence-electron chi connectivity index (χ3n) is 3.55. The summed E-state index contributed by atoms with van der Waals surface area (Å²) in [5, 5.41) is 18.0. The molecule has 1 N–H and O–H groups in total. The summed E-state index contributed by atoms with van der Waals surface area (Å²) < 4.78 is 3.08. The molecule has 4 rings (SSSR count). The highest BCUT2D eigenvalue weighted by molar-refractivity contribution is 6.06. The van der Waals surface area contributed by atoms with Crippen molar-refractivity contribution in [2.45, 2.75) is 0 Å². The lowest BCUT2D eigenvalue weighted by atomic mass is 10.1. The molecule has 0 saturated heterocycles. The first-order valence-corrected chi connectivity index (χ1v) is 7.40. The Morgan fingerprint density at radius 3 is 2.52 bits per heavy atom. The fourth-order valence-electron chi connectivity index (χ4n) is 2.37. The van der Waals surface area contributed by atoms with Crippen molar-refractivity contribution in [1.29, 1.82) is 0 Å². The summed E-state index contributed by atoms with van der Waals surface area (Å²) in [7, 11) is 0. The number of hydrogen-bond acceptors (Lipinski definition) is 6. The standard InChI is InChI=1S/C16H12N8O/c25-16(14-3-1-2-4-15(14)24-11-18-21-22-24)20-12-5-7-13(8-6-12)23-10-17-9-19-23/h1-11H,(H,20,25). The van der Waals surface area contributed by atoms with Crippen LogP contribution in [0.15, 0.2) is 67.5 Å². The lowest BCUT2D eigenvalue weighted by Gasteiger charge is -2.10. The second-order valence-electron chi connectivity index (χ2n) is 5.11. The van der Waals surface area contributed by atoms with Gasteiger partial charge in [-0.05, 0) is 46.8 Å². The number of carbonyl (C=O) groups excluding carboxylic acids is 1. The quantitative estimate of drug-likeness (QED) is 0.607. The van der Waals surface area contributed by atoms with Crippen molar-refractivity contribution in [2.75, 3.05) is 5.32 Å². The van der Waals surface area contributed by atoms with Crippen LogP contribution in [0.3, 0.4) is 0 Å². The van der Waals surface area contributed by atoms with Crippen LogP contribution in [0.25, 0.3) is 11.4 Å². The zero-order valence-electron chi connectivity index (χ0n) is 12.9. The molecular formula is C16H12N8O. The molecule has 0 atom stereocenters. The maximum Gasteiger partial charge on any atom is 0.257 e. The van der Waals surface area contributed by atoms with Gasteiger partial charge in [0.25, 0.3) is 5.91 Å². The zero-order valence-corrected chi connectivity index (χ0v) is 12.9. The van der Waals surface area contributed by atoms with E-state index >= 15 is 0 Å². The molecule has 0 fully saturated rings. The highest BCUT2D eigenvalue weighted by Crippen LogP contribution is 2.17. The van der Waals surface area contributed by atoms with Crippen molar-refractivity contribution in [3.05, 3.63) is 73.1 Å². The molecule has 1 amide bonds. The number of carbonyl (C=O) groups is 1. The molecule has 0 saturated carbocycles. The first kappa shape index (κ1) is 14.7. The molecule has 0 unspecified atom stereocenters. The number of aromatic nitrogens is 7. The third-order valence-corrected chi connectivity index (χ3v) is 3.55. The summed E-state index contributed by atoms with van der Waals surface area (Å²) in [5.74, 6) is -0.250. The van der Waals surface area contributed by atoms with Gasteiger partial charge in [0.2, 0.25) is 0 Å². The zero-order chi connectivity index (χ0) is 17.1. The predicted molar refractivity (Wildman–Crippen MR) is 88.5 cm³/mol. The third kappa shape index (κ3) is 2.98. The minimum absolute atomic E-state index is 0.250. The minimum atomic E-state index is -0.250. The fourth-order valence-corrected chi connectivity index (χ4v) is 2.37. The van der Waals surface area contributed by atoms with E-state index in [2.05, 4.69) is 30.9 Å². The van der Waals surface area contributed by atoms with Crippen LogP contribution >= 0.6 is 0 Å². The highest BCUT2D eigenvalue weighted by atomic mass is 16.1. The van der Waals surface area contributed by atoms with Crippen LogP contribution in [0.5, 0.6) is 0 Å². The van der Waals surface area contributed by atoms with Crippen molar-refractivity contribution >= 4 is 11.6 Å². The van der Waals surface area contributed by atoms with Crippen molar-refractivity contribution in [2.24, 2.45) is 0 Å². The van der Waals surface area contributed by atoms with Gasteiger partial charge in [0.05, 0.1) is 16.9 Å². The van der Waals surface area contributed by atoms with Crippen molar-refractivity contribution in [3.63, 3.8) is 0 Å². The van der Waals surface area contributed by atoms with Crippen molar-refractivity contribution in [1.82, 2.24) is 35.0 Å². The average Bonchev–Trinajstić information content (AvgIpc) is 3.36. The van der Waals surface area contributed by atoms with Gasteiger partial charge < -0.3 is 5.32 Å². The molecule has 0 aliphatic rings. The molecule has 0 aliphatic heterocycles. The van der Waals surface area contributed by atoms with E-state index in [1.54, 1.807) is 41.3 Å². The van der Waals surface area contributed by atoms with Crippen molar-refractivity contribution < 1.29 is 4.79 Å². The summed E-state index contributed by atoms with van der Waals surface area (Å²) in [6, 6.07) is 14.4. The van der Waals surface area contributed by atoms with Gasteiger partial charge in [0.1, 0.15) is 19.0 Å². The number of rotatable bonds is 4. The highest BCUT2D eigenvalue weighted by Gasteiger charge is 2.13. The SMILES string of the molecule is O=C(Nc1ccc(-n2cncn2)cc1)c1ccccc1-n1cnnn1. The molecule has 4 aromatic rings. The number of para-hydroxylation sites is 1. The summed E-state index contributed by atoms with van der Waals surface area (Å²) in [6.45, 7) is 0. The topological polar surface area (TPSA) is 103 Å². The number of tetrazole rings is 1. The minimum Gasteiger partial charge on any atom is -0.322 e. The molecule has 9 nitrogen and oxygen atoms in total. The van der Waals surface area contributed by atoms with Crippen LogP contribution in [0.2, 0.25) is 0 Å². The van der Waals surface area contributed by atoms with E-state index in [9.17, 15) is 4.79 Å². The van der Waals surface area contributed by atoms with Crippen LogP contribution in [0.4, 0.5) is 5.69 Å². The Kier molecular flexibility index (Phi) is 3.71. The van der Waals surface area contributed by atoms with Crippen molar-refractivity contribution in [3.8, 4) is 11.4 Å². The number of nitrogens with zero attached hydrogens (tertiary/aromatic N) is 7. The Bertz CT molecular complexity index is 977. The largest absolute Gasteiger partial charge is 0.322 e. The van der Waals surface area contributed by atoms with Crippen LogP contribution < -0.4 is 5.32 Å². The Labute approximate surface area is 141 Å². The van der Waals surface area contributed by atoms with Gasteiger partial charge in [0, 0.05) is 5.69 Å². The number of amides is 1. The van der Waals surface area contributed by atoms with E-state index in [1.807, 2.05) is 18.2 Å². The average molecular weight is 332 g/mol. The smallest absolute Gasteiger partial charge is 0.257 e. The number of nitrogens with one attached hydrogen (secondary N) is 1. The molecule has 0 spiro atoms. The van der Waals surface area contributed by atoms with Gasteiger partial charge >= 0.3 is 0 Å². The molecule has 0 bridgehead atoms. The number of hydrogen-bond donors (Lipinski definition) is 1. The Hall–Kier alpha value is -3.88. The molecule has 2 heterocycles. The van der Waals surface area contributed by atoms with Gasteiger partial charge in [0.15, 0.2) is 0 Å². The molecule has 9 heteroatoms. The monoisotopic (exact) mass is 332 g/mol. The second-order valence-corrected chi connectivity index (χ2v) is 5.11.